The van der Waals surface area contributed by atoms with Crippen LogP contribution in [0, 0.1) is 6.92 Å². The molecule has 0 heterocycles. The first-order valence-corrected chi connectivity index (χ1v) is 8.18. The molecule has 0 saturated carbocycles. The van der Waals surface area contributed by atoms with E-state index in [1.54, 1.807) is 23.9 Å². The van der Waals surface area contributed by atoms with Gasteiger partial charge in [0.2, 0.25) is 0 Å². The Kier molecular flexibility index (Phi) is 7.02. The number of carboxylic acids is 1. The van der Waals surface area contributed by atoms with Crippen molar-refractivity contribution in [1.82, 2.24) is 5.32 Å². The minimum Gasteiger partial charge on any atom is -0.478 e. The molecule has 1 amide bonds. The average Bonchev–Trinajstić information content (AvgIpc) is 2.43. The molecule has 0 aliphatic rings. The number of aliphatic carboxylic acids is 1. The summed E-state index contributed by atoms with van der Waals surface area (Å²) in [6, 6.07) is 5.49. The number of thioether (sulfide) groups is 1. The summed E-state index contributed by atoms with van der Waals surface area (Å²) in [5.41, 5.74) is 2.19. The Labute approximate surface area is 129 Å². The summed E-state index contributed by atoms with van der Waals surface area (Å²) in [5.74, 6) is -0.252. The minimum absolute atomic E-state index is 0.121. The van der Waals surface area contributed by atoms with Crippen LogP contribution in [-0.4, -0.2) is 35.0 Å². The maximum atomic E-state index is 12.3. The first kappa shape index (κ1) is 17.3. The molecule has 0 spiro atoms. The monoisotopic (exact) mass is 307 g/mol. The number of rotatable bonds is 7. The van der Waals surface area contributed by atoms with Gasteiger partial charge in [0.15, 0.2) is 0 Å². The number of carbonyl (C=O) groups excluding carboxylic acids is 1. The second-order valence-electron chi connectivity index (χ2n) is 4.84. The number of nitrogens with one attached hydrogen (secondary N) is 1. The summed E-state index contributed by atoms with van der Waals surface area (Å²) >= 11 is 1.70. The van der Waals surface area contributed by atoms with Crippen LogP contribution in [0.25, 0.3) is 6.08 Å². The van der Waals surface area contributed by atoms with Crippen molar-refractivity contribution < 1.29 is 14.7 Å². The van der Waals surface area contributed by atoms with E-state index in [0.717, 1.165) is 23.8 Å². The van der Waals surface area contributed by atoms with Gasteiger partial charge in [0, 0.05) is 23.4 Å². The highest BCUT2D eigenvalue weighted by atomic mass is 32.2. The Morgan fingerprint density at radius 2 is 2.10 bits per heavy atom. The molecule has 0 fully saturated rings. The molecule has 0 saturated heterocycles. The highest BCUT2D eigenvalue weighted by Gasteiger charge is 2.12. The highest BCUT2D eigenvalue weighted by molar-refractivity contribution is 7.98. The first-order valence-electron chi connectivity index (χ1n) is 6.78. The maximum Gasteiger partial charge on any atom is 0.328 e. The molecule has 4 nitrogen and oxygen atoms in total. The summed E-state index contributed by atoms with van der Waals surface area (Å²) in [7, 11) is 0. The van der Waals surface area contributed by atoms with E-state index in [2.05, 4.69) is 5.32 Å². The molecule has 114 valence electrons. The van der Waals surface area contributed by atoms with E-state index in [1.807, 2.05) is 26.2 Å². The van der Waals surface area contributed by atoms with Crippen LogP contribution >= 0.6 is 11.8 Å². The fraction of sp³-hybridized carbons (Fsp3) is 0.375. The molecule has 0 aliphatic carbocycles. The van der Waals surface area contributed by atoms with Crippen molar-refractivity contribution in [2.45, 2.75) is 26.3 Å². The van der Waals surface area contributed by atoms with E-state index >= 15 is 0 Å². The molecule has 1 unspecified atom stereocenters. The molecule has 1 aromatic carbocycles. The van der Waals surface area contributed by atoms with Gasteiger partial charge in [-0.3, -0.25) is 4.79 Å². The molecule has 0 aliphatic heterocycles. The van der Waals surface area contributed by atoms with Gasteiger partial charge < -0.3 is 10.4 Å². The summed E-state index contributed by atoms with van der Waals surface area (Å²) < 4.78 is 0. The lowest BCUT2D eigenvalue weighted by Gasteiger charge is -2.16. The number of carbonyl (C=O) groups is 2. The number of carboxylic acid groups (broad SMARTS) is 1. The van der Waals surface area contributed by atoms with Crippen LogP contribution in [0.5, 0.6) is 0 Å². The maximum absolute atomic E-state index is 12.3. The number of benzene rings is 1. The van der Waals surface area contributed by atoms with Gasteiger partial charge in [0.25, 0.3) is 5.91 Å². The van der Waals surface area contributed by atoms with Crippen molar-refractivity contribution in [3.8, 4) is 0 Å². The minimum atomic E-state index is -1.01. The fourth-order valence-corrected chi connectivity index (χ4v) is 2.66. The molecule has 21 heavy (non-hydrogen) atoms. The van der Waals surface area contributed by atoms with Gasteiger partial charge in [-0.1, -0.05) is 13.0 Å². The van der Waals surface area contributed by atoms with Crippen LogP contribution in [0.15, 0.2) is 24.3 Å². The Morgan fingerprint density at radius 3 is 2.67 bits per heavy atom. The summed E-state index contributed by atoms with van der Waals surface area (Å²) in [6.07, 6.45) is 5.45. The van der Waals surface area contributed by atoms with Crippen LogP contribution in [0.1, 0.15) is 34.8 Å². The zero-order valence-corrected chi connectivity index (χ0v) is 13.4. The van der Waals surface area contributed by atoms with Crippen LogP contribution < -0.4 is 5.32 Å². The van der Waals surface area contributed by atoms with E-state index < -0.39 is 5.97 Å². The summed E-state index contributed by atoms with van der Waals surface area (Å²) in [4.78, 5) is 22.8. The van der Waals surface area contributed by atoms with Gasteiger partial charge >= 0.3 is 5.97 Å². The molecule has 5 heteroatoms. The Bertz CT molecular complexity index is 540. The van der Waals surface area contributed by atoms with Crippen LogP contribution in [0.4, 0.5) is 0 Å². The molecule has 2 N–H and O–H groups in total. The largest absolute Gasteiger partial charge is 0.478 e. The summed E-state index contributed by atoms with van der Waals surface area (Å²) in [5, 5.41) is 11.7. The smallest absolute Gasteiger partial charge is 0.328 e. The highest BCUT2D eigenvalue weighted by Crippen LogP contribution is 2.12. The molecule has 1 rings (SSSR count). The zero-order chi connectivity index (χ0) is 15.8. The fourth-order valence-electron chi connectivity index (χ4n) is 1.94. The third-order valence-electron chi connectivity index (χ3n) is 2.98. The lowest BCUT2D eigenvalue weighted by Crippen LogP contribution is -2.36. The third kappa shape index (κ3) is 6.04. The predicted molar refractivity (Wildman–Crippen MR) is 87.8 cm³/mol. The molecule has 0 bridgehead atoms. The van der Waals surface area contributed by atoms with E-state index in [1.165, 1.54) is 6.08 Å². The van der Waals surface area contributed by atoms with E-state index in [0.29, 0.717) is 11.1 Å². The lowest BCUT2D eigenvalue weighted by atomic mass is 10.0. The number of aryl methyl sites for hydroxylation is 1. The quantitative estimate of drug-likeness (QED) is 0.760. The van der Waals surface area contributed by atoms with Gasteiger partial charge in [-0.25, -0.2) is 4.79 Å². The van der Waals surface area contributed by atoms with Gasteiger partial charge in [0.05, 0.1) is 0 Å². The Balaban J connectivity index is 2.91. The zero-order valence-electron chi connectivity index (χ0n) is 12.6. The Morgan fingerprint density at radius 1 is 1.38 bits per heavy atom. The van der Waals surface area contributed by atoms with Gasteiger partial charge in [0.1, 0.15) is 0 Å². The predicted octanol–water partition coefficient (Wildman–Crippen LogP) is 2.96. The first-order chi connectivity index (χ1) is 9.96. The number of hydrogen-bond acceptors (Lipinski definition) is 3. The van der Waals surface area contributed by atoms with Crippen LogP contribution in [0.2, 0.25) is 0 Å². The normalized spacial score (nSPS) is 12.3. The SMILES string of the molecule is CCC(CSC)NC(=O)c1cc(C)cc(/C=C/C(=O)O)c1. The molecule has 0 radical (unpaired) electrons. The second-order valence-corrected chi connectivity index (χ2v) is 5.75. The summed E-state index contributed by atoms with van der Waals surface area (Å²) in [6.45, 7) is 3.92. The van der Waals surface area contributed by atoms with Crippen LogP contribution in [0.3, 0.4) is 0 Å². The van der Waals surface area contributed by atoms with Gasteiger partial charge in [-0.2, -0.15) is 11.8 Å². The van der Waals surface area contributed by atoms with Crippen molar-refractivity contribution in [3.63, 3.8) is 0 Å². The number of amides is 1. The van der Waals surface area contributed by atoms with Crippen molar-refractivity contribution >= 4 is 29.7 Å². The molecular formula is C16H21NO3S. The molecule has 1 atom stereocenters. The van der Waals surface area contributed by atoms with Crippen molar-refractivity contribution in [3.05, 3.63) is 41.0 Å². The average molecular weight is 307 g/mol. The van der Waals surface area contributed by atoms with Crippen molar-refractivity contribution in [2.24, 2.45) is 0 Å². The van der Waals surface area contributed by atoms with Crippen LogP contribution in [-0.2, 0) is 4.79 Å². The molecular weight excluding hydrogens is 286 g/mol. The van der Waals surface area contributed by atoms with Crippen molar-refractivity contribution in [2.75, 3.05) is 12.0 Å². The lowest BCUT2D eigenvalue weighted by molar-refractivity contribution is -0.131. The Hall–Kier alpha value is -1.75. The van der Waals surface area contributed by atoms with Crippen molar-refractivity contribution in [1.29, 1.82) is 0 Å². The van der Waals surface area contributed by atoms with E-state index in [-0.39, 0.29) is 11.9 Å². The number of hydrogen-bond donors (Lipinski definition) is 2. The van der Waals surface area contributed by atoms with Gasteiger partial charge in [-0.05, 0) is 48.9 Å². The standard InChI is InChI=1S/C16H21NO3S/c1-4-14(10-21-3)17-16(20)13-8-11(2)7-12(9-13)5-6-15(18)19/h5-9,14H,4,10H2,1-3H3,(H,17,20)(H,18,19)/b6-5+. The second kappa shape index (κ2) is 8.52. The van der Waals surface area contributed by atoms with E-state index in [9.17, 15) is 9.59 Å². The van der Waals surface area contributed by atoms with Gasteiger partial charge in [-0.15, -0.1) is 0 Å². The molecule has 0 aromatic heterocycles. The third-order valence-corrected chi connectivity index (χ3v) is 3.71. The van der Waals surface area contributed by atoms with E-state index in [4.69, 9.17) is 5.11 Å². The topological polar surface area (TPSA) is 66.4 Å². The molecule has 1 aromatic rings.